The molecule has 1 heterocycles. The first-order chi connectivity index (χ1) is 33.0. The summed E-state index contributed by atoms with van der Waals surface area (Å²) in [6.07, 6.45) is -8.18. The zero-order chi connectivity index (χ0) is 52.0. The summed E-state index contributed by atoms with van der Waals surface area (Å²) in [6.45, 7) is 1.33. The molecule has 2 aromatic carbocycles. The Labute approximate surface area is 405 Å². The molecule has 1 aromatic heterocycles. The van der Waals surface area contributed by atoms with E-state index >= 15 is 0 Å². The third-order valence-corrected chi connectivity index (χ3v) is 11.3. The van der Waals surface area contributed by atoms with E-state index in [1.54, 1.807) is 6.92 Å². The number of thioether (sulfide) groups is 2. The molecule has 0 fully saturated rings. The molecule has 3 rings (SSSR count). The van der Waals surface area contributed by atoms with Crippen LogP contribution in [0, 0.1) is 0 Å². The maximum atomic E-state index is 14.3. The van der Waals surface area contributed by atoms with Gasteiger partial charge in [0, 0.05) is 56.6 Å². The average molecular weight is 1030 g/mol. The lowest BCUT2D eigenvalue weighted by Gasteiger charge is -2.20. The van der Waals surface area contributed by atoms with Gasteiger partial charge in [-0.2, -0.15) is 26.3 Å². The van der Waals surface area contributed by atoms with E-state index in [-0.39, 0.29) is 90.6 Å². The van der Waals surface area contributed by atoms with Crippen LogP contribution in [0.5, 0.6) is 0 Å². The number of anilines is 4. The summed E-state index contributed by atoms with van der Waals surface area (Å²) in [5.41, 5.74) is 21.5. The van der Waals surface area contributed by atoms with Gasteiger partial charge in [-0.25, -0.2) is 9.97 Å². The number of alkyl halides is 6. The summed E-state index contributed by atoms with van der Waals surface area (Å²) >= 11 is 1.72. The van der Waals surface area contributed by atoms with Gasteiger partial charge in [0.1, 0.15) is 17.7 Å². The Morgan fingerprint density at radius 3 is 1.31 bits per heavy atom. The monoisotopic (exact) mass is 1030 g/mol. The number of unbranched alkanes of at least 4 members (excludes halogenated alkanes) is 2. The van der Waals surface area contributed by atoms with Gasteiger partial charge in [-0.05, 0) is 56.9 Å². The molecule has 0 bridgehead atoms. The molecule has 0 aliphatic carbocycles. The molecule has 0 atom stereocenters. The first-order valence-corrected chi connectivity index (χ1v) is 23.0. The molecule has 0 radical (unpaired) electrons. The molecular weight excluding hydrogens is 977 g/mol. The van der Waals surface area contributed by atoms with Crippen LogP contribution in [0.2, 0.25) is 0 Å². The molecular formula is C41H53F6N15O6S2. The van der Waals surface area contributed by atoms with E-state index in [0.717, 1.165) is 35.9 Å². The second-order valence-corrected chi connectivity index (χ2v) is 16.8. The number of nitrogens with two attached hydrogens (primary N) is 5. The lowest BCUT2D eigenvalue weighted by Crippen LogP contribution is -2.31. The highest BCUT2D eigenvalue weighted by atomic mass is 32.2. The van der Waals surface area contributed by atoms with E-state index < -0.39 is 81.7 Å². The highest BCUT2D eigenvalue weighted by molar-refractivity contribution is 7.99. The molecule has 3 aromatic rings. The third kappa shape index (κ3) is 20.1. The standard InChI is InChI=1S/C41H53F6N15O6S2/c1-22(50)53-8-4-2-6-31(63)59-25-14-23(40(42,43)44)16-27(35(25)69-12-10-54-33(65)19-48)61-37(67)29-18-30(58-21-57-29)38(68)62-28-17-24(41(45,46)47)15-26(36(28)70-13-11-55-34(66)20-49)60-32(64)7-3-5-9-56-39(51)52/h14-18,21H,2-13,19-20,48-49H2,1H3,(H2,50,53)(H,54,65)(H,55,66)(H,59,63)(H,60,64)(H,61,67)(H,62,68)(H4,51,52,56). The zero-order valence-corrected chi connectivity index (χ0v) is 39.2. The van der Waals surface area contributed by atoms with Crippen LogP contribution >= 0.6 is 23.5 Å². The van der Waals surface area contributed by atoms with E-state index in [0.29, 0.717) is 55.9 Å². The van der Waals surface area contributed by atoms with Crippen LogP contribution in [0.25, 0.3) is 0 Å². The number of carbonyl (C=O) groups is 6. The molecule has 21 nitrogen and oxygen atoms in total. The van der Waals surface area contributed by atoms with E-state index in [2.05, 4.69) is 51.9 Å². The van der Waals surface area contributed by atoms with Crippen molar-refractivity contribution in [3.63, 3.8) is 0 Å². The molecule has 0 unspecified atom stereocenters. The van der Waals surface area contributed by atoms with E-state index in [1.807, 2.05) is 0 Å². The lowest BCUT2D eigenvalue weighted by atomic mass is 10.1. The Kier molecular flexibility index (Phi) is 23.1. The van der Waals surface area contributed by atoms with Crippen LogP contribution in [0.4, 0.5) is 49.1 Å². The summed E-state index contributed by atoms with van der Waals surface area (Å²) in [5, 5.41) is 14.6. The Morgan fingerprint density at radius 1 is 0.571 bits per heavy atom. The lowest BCUT2D eigenvalue weighted by molar-refractivity contribution is -0.138. The molecule has 0 aliphatic heterocycles. The molecule has 29 heteroatoms. The minimum Gasteiger partial charge on any atom is -0.388 e. The van der Waals surface area contributed by atoms with Gasteiger partial charge < -0.3 is 60.6 Å². The molecule has 70 heavy (non-hydrogen) atoms. The second-order valence-electron chi connectivity index (χ2n) is 14.6. The van der Waals surface area contributed by atoms with Crippen molar-refractivity contribution in [1.82, 2.24) is 20.6 Å². The molecule has 0 spiro atoms. The number of rotatable bonds is 26. The number of aromatic nitrogens is 2. The van der Waals surface area contributed by atoms with Crippen LogP contribution in [0.1, 0.15) is 77.6 Å². The maximum absolute atomic E-state index is 14.3. The minimum atomic E-state index is -5.00. The number of benzene rings is 2. The van der Waals surface area contributed by atoms with Crippen molar-refractivity contribution in [2.45, 2.75) is 67.6 Å². The van der Waals surface area contributed by atoms with Gasteiger partial charge >= 0.3 is 12.4 Å². The molecule has 6 amide bonds. The Morgan fingerprint density at radius 2 is 0.957 bits per heavy atom. The van der Waals surface area contributed by atoms with Gasteiger partial charge in [0.25, 0.3) is 11.8 Å². The predicted octanol–water partition coefficient (Wildman–Crippen LogP) is 3.22. The predicted molar refractivity (Wildman–Crippen MR) is 254 cm³/mol. The van der Waals surface area contributed by atoms with Crippen LogP contribution in [0.15, 0.2) is 56.4 Å². The van der Waals surface area contributed by atoms with E-state index in [4.69, 9.17) is 28.7 Å². The topological polar surface area (TPSA) is 355 Å². The van der Waals surface area contributed by atoms with Gasteiger partial charge in [-0.3, -0.25) is 38.8 Å². The van der Waals surface area contributed by atoms with E-state index in [9.17, 15) is 55.1 Å². The Balaban J connectivity index is 2.02. The van der Waals surface area contributed by atoms with Gasteiger partial charge in [-0.1, -0.05) is 0 Å². The number of amides is 6. The highest BCUT2D eigenvalue weighted by Crippen LogP contribution is 2.43. The Hall–Kier alpha value is -6.72. The fourth-order valence-corrected chi connectivity index (χ4v) is 7.64. The number of aliphatic imine (C=N–C) groups is 2. The van der Waals surface area contributed by atoms with Crippen molar-refractivity contribution in [2.24, 2.45) is 38.7 Å². The quantitative estimate of drug-likeness (QED) is 0.0181. The fourth-order valence-electron chi connectivity index (χ4n) is 5.76. The van der Waals surface area contributed by atoms with Gasteiger partial charge in [0.15, 0.2) is 5.96 Å². The number of halogens is 6. The first-order valence-electron chi connectivity index (χ1n) is 21.1. The number of hydrogen-bond donors (Lipinski definition) is 11. The second kappa shape index (κ2) is 28.1. The number of guanidine groups is 1. The molecule has 16 N–H and O–H groups in total. The molecule has 0 aliphatic rings. The third-order valence-electron chi connectivity index (χ3n) is 9.00. The summed E-state index contributed by atoms with van der Waals surface area (Å²) < 4.78 is 85.9. The summed E-state index contributed by atoms with van der Waals surface area (Å²) in [4.78, 5) is 92.5. The van der Waals surface area contributed by atoms with Crippen LogP contribution in [-0.4, -0.2) is 108 Å². The van der Waals surface area contributed by atoms with Crippen molar-refractivity contribution in [3.05, 3.63) is 59.2 Å². The summed E-state index contributed by atoms with van der Waals surface area (Å²) in [5.74, 6) is -4.59. The number of amidine groups is 1. The van der Waals surface area contributed by atoms with Crippen molar-refractivity contribution < 1.29 is 55.1 Å². The SMILES string of the molecule is CC(N)=NCCCCC(=O)Nc1cc(C(F)(F)F)cc(NC(=O)c2cc(C(=O)Nc3cc(C(F)(F)F)cc(NC(=O)CCCCN=C(N)N)c3SCCNC(=O)CN)ncn2)c1SCCNC(=O)CN. The smallest absolute Gasteiger partial charge is 0.388 e. The normalized spacial score (nSPS) is 11.6. The van der Waals surface area contributed by atoms with Crippen LogP contribution < -0.4 is 60.6 Å². The van der Waals surface area contributed by atoms with Gasteiger partial charge in [0.05, 0.1) is 62.6 Å². The summed E-state index contributed by atoms with van der Waals surface area (Å²) in [7, 11) is 0. The maximum Gasteiger partial charge on any atom is 0.416 e. The highest BCUT2D eigenvalue weighted by Gasteiger charge is 2.35. The van der Waals surface area contributed by atoms with Crippen LogP contribution in [-0.2, 0) is 31.5 Å². The molecule has 382 valence electrons. The van der Waals surface area contributed by atoms with Crippen molar-refractivity contribution in [3.8, 4) is 0 Å². The van der Waals surface area contributed by atoms with Gasteiger partial charge in [0.2, 0.25) is 23.6 Å². The largest absolute Gasteiger partial charge is 0.416 e. The number of nitrogens with one attached hydrogen (secondary N) is 6. The average Bonchev–Trinajstić information content (AvgIpc) is 3.28. The Bertz CT molecular complexity index is 2240. The van der Waals surface area contributed by atoms with Crippen LogP contribution in [0.3, 0.4) is 0 Å². The number of carbonyl (C=O) groups excluding carboxylic acids is 6. The molecule has 0 saturated heterocycles. The van der Waals surface area contributed by atoms with Gasteiger partial charge in [-0.15, -0.1) is 23.5 Å². The molecule has 0 saturated carbocycles. The first kappa shape index (κ1) is 57.6. The minimum absolute atomic E-state index is 0.00718. The van der Waals surface area contributed by atoms with E-state index in [1.165, 1.54) is 0 Å². The zero-order valence-electron chi connectivity index (χ0n) is 37.6. The van der Waals surface area contributed by atoms with Crippen molar-refractivity contribution >= 4 is 93.5 Å². The van der Waals surface area contributed by atoms with Crippen molar-refractivity contribution in [2.75, 3.05) is 72.0 Å². The van der Waals surface area contributed by atoms with Crippen molar-refractivity contribution in [1.29, 1.82) is 0 Å². The number of hydrogen-bond acceptors (Lipinski definition) is 14. The fraction of sp³-hybridized carbons (Fsp3) is 0.415. The summed E-state index contributed by atoms with van der Waals surface area (Å²) in [6, 6.07) is 3.36. The number of nitrogens with zero attached hydrogens (tertiary/aromatic N) is 4.